The first-order valence-electron chi connectivity index (χ1n) is 9.68. The van der Waals surface area contributed by atoms with Crippen molar-refractivity contribution in [1.29, 1.82) is 0 Å². The molecule has 148 valence electrons. The van der Waals surface area contributed by atoms with Crippen molar-refractivity contribution in [2.24, 2.45) is 0 Å². The summed E-state index contributed by atoms with van der Waals surface area (Å²) in [7, 11) is 0. The van der Waals surface area contributed by atoms with Crippen LogP contribution in [0.1, 0.15) is 50.0 Å². The van der Waals surface area contributed by atoms with E-state index in [4.69, 9.17) is 9.15 Å². The number of nitrogens with one attached hydrogen (secondary N) is 1. The van der Waals surface area contributed by atoms with Crippen LogP contribution in [0.15, 0.2) is 71.3 Å². The molecule has 0 amide bonds. The van der Waals surface area contributed by atoms with Gasteiger partial charge < -0.3 is 14.5 Å². The summed E-state index contributed by atoms with van der Waals surface area (Å²) < 4.78 is 24.7. The highest BCUT2D eigenvalue weighted by Gasteiger charge is 2.17. The topological polar surface area (TPSA) is 34.4 Å². The molecular weight excluding hydrogens is 353 g/mol. The van der Waals surface area contributed by atoms with Gasteiger partial charge in [-0.2, -0.15) is 0 Å². The SMILES string of the molecule is CC(C)(C)Oc1ccc(CNCCC(c2ccc(F)cc2)c2ccco2)cc1. The molecule has 28 heavy (non-hydrogen) atoms. The molecule has 3 rings (SSSR count). The number of hydrogen-bond acceptors (Lipinski definition) is 3. The van der Waals surface area contributed by atoms with Gasteiger partial charge in [-0.1, -0.05) is 24.3 Å². The van der Waals surface area contributed by atoms with E-state index < -0.39 is 0 Å². The van der Waals surface area contributed by atoms with Crippen molar-refractivity contribution in [1.82, 2.24) is 5.32 Å². The summed E-state index contributed by atoms with van der Waals surface area (Å²) in [5.41, 5.74) is 2.07. The molecule has 0 saturated heterocycles. The van der Waals surface area contributed by atoms with Crippen LogP contribution in [0.25, 0.3) is 0 Å². The number of furan rings is 1. The highest BCUT2D eigenvalue weighted by atomic mass is 19.1. The first-order chi connectivity index (χ1) is 13.4. The molecule has 1 heterocycles. The zero-order valence-electron chi connectivity index (χ0n) is 16.7. The lowest BCUT2D eigenvalue weighted by Crippen LogP contribution is -2.23. The third-order valence-electron chi connectivity index (χ3n) is 4.45. The monoisotopic (exact) mass is 381 g/mol. The summed E-state index contributed by atoms with van der Waals surface area (Å²) in [5.74, 6) is 1.66. The fourth-order valence-corrected chi connectivity index (χ4v) is 3.17. The molecule has 1 unspecified atom stereocenters. The van der Waals surface area contributed by atoms with Crippen LogP contribution in [0, 0.1) is 5.82 Å². The lowest BCUT2D eigenvalue weighted by atomic mass is 9.93. The molecule has 1 atom stereocenters. The van der Waals surface area contributed by atoms with E-state index in [2.05, 4.69) is 17.4 Å². The molecule has 2 aromatic carbocycles. The molecule has 3 nitrogen and oxygen atoms in total. The van der Waals surface area contributed by atoms with Gasteiger partial charge in [0.2, 0.25) is 0 Å². The third-order valence-corrected chi connectivity index (χ3v) is 4.45. The summed E-state index contributed by atoms with van der Waals surface area (Å²) in [5, 5.41) is 3.49. The summed E-state index contributed by atoms with van der Waals surface area (Å²) in [4.78, 5) is 0. The number of halogens is 1. The predicted molar refractivity (Wildman–Crippen MR) is 110 cm³/mol. The first kappa shape index (κ1) is 20.2. The van der Waals surface area contributed by atoms with Crippen molar-refractivity contribution in [2.75, 3.05) is 6.54 Å². The summed E-state index contributed by atoms with van der Waals surface area (Å²) in [6.45, 7) is 7.73. The quantitative estimate of drug-likeness (QED) is 0.493. The van der Waals surface area contributed by atoms with Crippen LogP contribution in [0.5, 0.6) is 5.75 Å². The molecule has 0 spiro atoms. The molecule has 0 fully saturated rings. The van der Waals surface area contributed by atoms with E-state index in [1.807, 2.05) is 57.2 Å². The third kappa shape index (κ3) is 5.96. The predicted octanol–water partition coefficient (Wildman–Crippen LogP) is 5.91. The van der Waals surface area contributed by atoms with Crippen LogP contribution in [0.3, 0.4) is 0 Å². The van der Waals surface area contributed by atoms with Crippen LogP contribution in [-0.4, -0.2) is 12.1 Å². The number of benzene rings is 2. The average molecular weight is 381 g/mol. The molecular formula is C24H28FNO2. The van der Waals surface area contributed by atoms with Gasteiger partial charge in [0.25, 0.3) is 0 Å². The maximum absolute atomic E-state index is 13.3. The van der Waals surface area contributed by atoms with E-state index in [-0.39, 0.29) is 17.3 Å². The minimum Gasteiger partial charge on any atom is -0.488 e. The molecule has 0 aliphatic rings. The maximum atomic E-state index is 13.3. The van der Waals surface area contributed by atoms with E-state index >= 15 is 0 Å². The van der Waals surface area contributed by atoms with E-state index in [0.29, 0.717) is 0 Å². The Morgan fingerprint density at radius 3 is 2.32 bits per heavy atom. The molecule has 0 saturated carbocycles. The van der Waals surface area contributed by atoms with E-state index in [9.17, 15) is 4.39 Å². The second kappa shape index (κ2) is 9.07. The zero-order valence-corrected chi connectivity index (χ0v) is 16.7. The van der Waals surface area contributed by atoms with Crippen molar-refractivity contribution in [3.8, 4) is 5.75 Å². The van der Waals surface area contributed by atoms with Crippen LogP contribution in [0.4, 0.5) is 4.39 Å². The average Bonchev–Trinajstić information content (AvgIpc) is 3.17. The Kier molecular flexibility index (Phi) is 6.53. The minimum atomic E-state index is -0.223. The molecule has 1 N–H and O–H groups in total. The highest BCUT2D eigenvalue weighted by molar-refractivity contribution is 5.29. The zero-order chi connectivity index (χ0) is 20.0. The number of rotatable bonds is 8. The van der Waals surface area contributed by atoms with Crippen LogP contribution in [0.2, 0.25) is 0 Å². The Balaban J connectivity index is 1.54. The Bertz CT molecular complexity index is 834. The van der Waals surface area contributed by atoms with Crippen molar-refractivity contribution < 1.29 is 13.5 Å². The van der Waals surface area contributed by atoms with Gasteiger partial charge in [0.15, 0.2) is 0 Å². The van der Waals surface area contributed by atoms with Gasteiger partial charge in [-0.25, -0.2) is 4.39 Å². The van der Waals surface area contributed by atoms with Crippen LogP contribution < -0.4 is 10.1 Å². The summed E-state index contributed by atoms with van der Waals surface area (Å²) >= 11 is 0. The van der Waals surface area contributed by atoms with E-state index in [1.54, 1.807) is 6.26 Å². The van der Waals surface area contributed by atoms with Gasteiger partial charge in [0.05, 0.1) is 6.26 Å². The van der Waals surface area contributed by atoms with Gasteiger partial charge in [-0.05, 0) is 81.3 Å². The molecule has 4 heteroatoms. The summed E-state index contributed by atoms with van der Waals surface area (Å²) in [6, 6.07) is 18.7. The van der Waals surface area contributed by atoms with Gasteiger partial charge >= 0.3 is 0 Å². The smallest absolute Gasteiger partial charge is 0.123 e. The summed E-state index contributed by atoms with van der Waals surface area (Å²) in [6.07, 6.45) is 2.55. The van der Waals surface area contributed by atoms with E-state index in [0.717, 1.165) is 36.6 Å². The highest BCUT2D eigenvalue weighted by Crippen LogP contribution is 2.28. The van der Waals surface area contributed by atoms with Gasteiger partial charge in [0, 0.05) is 12.5 Å². The maximum Gasteiger partial charge on any atom is 0.123 e. The van der Waals surface area contributed by atoms with Gasteiger partial charge in [0.1, 0.15) is 22.9 Å². The van der Waals surface area contributed by atoms with Crippen molar-refractivity contribution in [3.63, 3.8) is 0 Å². The molecule has 0 bridgehead atoms. The second-order valence-electron chi connectivity index (χ2n) is 7.94. The Labute approximate surface area is 166 Å². The van der Waals surface area contributed by atoms with Crippen molar-refractivity contribution >= 4 is 0 Å². The largest absolute Gasteiger partial charge is 0.488 e. The molecule has 0 aliphatic carbocycles. The standard InChI is InChI=1S/C24H28FNO2/c1-24(2,3)28-21-12-6-18(7-13-21)17-26-15-14-22(23-5-4-16-27-23)19-8-10-20(25)11-9-19/h4-13,16,22,26H,14-15,17H2,1-3H3. The normalized spacial score (nSPS) is 12.7. The van der Waals surface area contributed by atoms with Crippen LogP contribution in [-0.2, 0) is 6.54 Å². The Morgan fingerprint density at radius 1 is 1.00 bits per heavy atom. The number of hydrogen-bond donors (Lipinski definition) is 1. The lowest BCUT2D eigenvalue weighted by molar-refractivity contribution is 0.131. The van der Waals surface area contributed by atoms with Gasteiger partial charge in [-0.15, -0.1) is 0 Å². The molecule has 0 aliphatic heterocycles. The molecule has 3 aromatic rings. The van der Waals surface area contributed by atoms with Gasteiger partial charge in [-0.3, -0.25) is 0 Å². The lowest BCUT2D eigenvalue weighted by Gasteiger charge is -2.21. The number of ether oxygens (including phenoxy) is 1. The fraction of sp³-hybridized carbons (Fsp3) is 0.333. The van der Waals surface area contributed by atoms with Crippen LogP contribution >= 0.6 is 0 Å². The van der Waals surface area contributed by atoms with Crippen molar-refractivity contribution in [2.45, 2.75) is 45.3 Å². The van der Waals surface area contributed by atoms with E-state index in [1.165, 1.54) is 17.7 Å². The fourth-order valence-electron chi connectivity index (χ4n) is 3.17. The van der Waals surface area contributed by atoms with Crippen molar-refractivity contribution in [3.05, 3.63) is 89.6 Å². The second-order valence-corrected chi connectivity index (χ2v) is 7.94. The Morgan fingerprint density at radius 2 is 1.71 bits per heavy atom. The first-order valence-corrected chi connectivity index (χ1v) is 9.68. The molecule has 1 aromatic heterocycles. The molecule has 0 radical (unpaired) electrons. The minimum absolute atomic E-state index is 0.102. The Hall–Kier alpha value is -2.59.